The third-order valence-electron chi connectivity index (χ3n) is 5.34. The zero-order chi connectivity index (χ0) is 23.9. The third kappa shape index (κ3) is 5.13. The van der Waals surface area contributed by atoms with E-state index in [1.165, 1.54) is 12.1 Å². The minimum Gasteiger partial charge on any atom is -0.326 e. The van der Waals surface area contributed by atoms with Gasteiger partial charge in [-0.2, -0.15) is 0 Å². The molecule has 3 aromatic carbocycles. The van der Waals surface area contributed by atoms with Crippen molar-refractivity contribution in [3.8, 4) is 0 Å². The Hall–Kier alpha value is -2.67. The average molecular weight is 510 g/mol. The molecule has 2 amide bonds. The molecule has 9 heteroatoms. The van der Waals surface area contributed by atoms with Gasteiger partial charge in [-0.15, -0.1) is 11.6 Å². The third-order valence-corrected chi connectivity index (χ3v) is 6.43. The number of nitrogens with one attached hydrogen (secondary N) is 2. The molecule has 2 unspecified atom stereocenters. The molecule has 3 atom stereocenters. The molecule has 170 valence electrons. The van der Waals surface area contributed by atoms with Crippen molar-refractivity contribution in [2.24, 2.45) is 5.92 Å². The van der Waals surface area contributed by atoms with E-state index in [0.717, 1.165) is 23.3 Å². The molecule has 0 aromatic heterocycles. The van der Waals surface area contributed by atoms with Crippen LogP contribution in [0, 0.1) is 24.5 Å². The van der Waals surface area contributed by atoms with Crippen molar-refractivity contribution in [2.45, 2.75) is 18.2 Å². The molecular weight excluding hydrogens is 493 g/mol. The van der Waals surface area contributed by atoms with Gasteiger partial charge in [-0.05, 0) is 60.5 Å². The highest BCUT2D eigenvalue weighted by Crippen LogP contribution is 2.52. The molecule has 0 aliphatic heterocycles. The van der Waals surface area contributed by atoms with Gasteiger partial charge in [0.05, 0.1) is 27.6 Å². The van der Waals surface area contributed by atoms with Crippen molar-refractivity contribution in [3.05, 3.63) is 93.0 Å². The minimum absolute atomic E-state index is 0.0124. The van der Waals surface area contributed by atoms with Crippen LogP contribution in [-0.4, -0.2) is 17.2 Å². The summed E-state index contributed by atoms with van der Waals surface area (Å²) in [5.74, 6) is -3.36. The highest BCUT2D eigenvalue weighted by Gasteiger charge is 2.54. The van der Waals surface area contributed by atoms with E-state index >= 15 is 0 Å². The zero-order valence-corrected chi connectivity index (χ0v) is 19.4. The average Bonchev–Trinajstić information content (AvgIpc) is 3.42. The maximum atomic E-state index is 13.9. The van der Waals surface area contributed by atoms with Gasteiger partial charge < -0.3 is 10.6 Å². The van der Waals surface area contributed by atoms with Gasteiger partial charge in [0.25, 0.3) is 5.91 Å². The first-order chi connectivity index (χ1) is 15.6. The van der Waals surface area contributed by atoms with Crippen LogP contribution in [-0.2, 0) is 4.79 Å². The van der Waals surface area contributed by atoms with Gasteiger partial charge in [0.1, 0.15) is 11.6 Å². The lowest BCUT2D eigenvalue weighted by Crippen LogP contribution is -2.17. The van der Waals surface area contributed by atoms with Crippen molar-refractivity contribution in [3.63, 3.8) is 0 Å². The number of anilines is 2. The monoisotopic (exact) mass is 508 g/mol. The number of rotatable bonds is 5. The summed E-state index contributed by atoms with van der Waals surface area (Å²) in [6.07, 6.45) is 0. The van der Waals surface area contributed by atoms with Crippen molar-refractivity contribution in [2.75, 3.05) is 10.6 Å². The van der Waals surface area contributed by atoms with Crippen LogP contribution in [0.25, 0.3) is 0 Å². The first-order valence-corrected chi connectivity index (χ1v) is 11.1. The number of carbonyl (C=O) groups is 2. The molecule has 33 heavy (non-hydrogen) atoms. The lowest BCUT2D eigenvalue weighted by molar-refractivity contribution is -0.117. The Morgan fingerprint density at radius 1 is 0.939 bits per heavy atom. The number of aryl methyl sites for hydroxylation is 1. The first-order valence-electron chi connectivity index (χ1n) is 9.92. The number of amides is 2. The molecule has 1 aliphatic carbocycles. The standard InChI is InChI=1S/C24H17Cl3F2N2O2/c1-11-6-12(8-13(25)7-11)20-21(22(20)27)24(33)30-15-3-4-17(26)16(10-15)23(32)31-19-5-2-14(28)9-18(19)29/h2-10,20-22H,1H3,(H,30,33)(H,31,32)/t20?,21?,22-/m0/s1. The number of alkyl halides is 1. The summed E-state index contributed by atoms with van der Waals surface area (Å²) < 4.78 is 27.0. The molecule has 1 saturated carbocycles. The minimum atomic E-state index is -0.923. The van der Waals surface area contributed by atoms with E-state index in [1.807, 2.05) is 19.1 Å². The summed E-state index contributed by atoms with van der Waals surface area (Å²) in [4.78, 5) is 25.4. The molecule has 0 heterocycles. The van der Waals surface area contributed by atoms with Crippen molar-refractivity contribution in [1.29, 1.82) is 0 Å². The highest BCUT2D eigenvalue weighted by molar-refractivity contribution is 6.34. The Kier molecular flexibility index (Phi) is 6.61. The highest BCUT2D eigenvalue weighted by atomic mass is 35.5. The molecule has 4 nitrogen and oxygen atoms in total. The molecule has 1 aliphatic rings. The molecule has 3 aromatic rings. The van der Waals surface area contributed by atoms with Crippen LogP contribution >= 0.6 is 34.8 Å². The van der Waals surface area contributed by atoms with E-state index in [1.54, 1.807) is 12.1 Å². The van der Waals surface area contributed by atoms with Gasteiger partial charge in [-0.25, -0.2) is 8.78 Å². The molecular formula is C24H17Cl3F2N2O2. The van der Waals surface area contributed by atoms with Gasteiger partial charge in [0.2, 0.25) is 5.91 Å². The number of halogens is 5. The Labute approximate surface area is 203 Å². The summed E-state index contributed by atoms with van der Waals surface area (Å²) in [5.41, 5.74) is 2.00. The van der Waals surface area contributed by atoms with Crippen molar-refractivity contribution < 1.29 is 18.4 Å². The molecule has 1 fully saturated rings. The van der Waals surface area contributed by atoms with E-state index in [9.17, 15) is 18.4 Å². The Morgan fingerprint density at radius 3 is 2.39 bits per heavy atom. The fourth-order valence-corrected chi connectivity index (χ4v) is 4.70. The zero-order valence-electron chi connectivity index (χ0n) is 17.1. The summed E-state index contributed by atoms with van der Waals surface area (Å²) >= 11 is 18.6. The quantitative estimate of drug-likeness (QED) is 0.372. The maximum Gasteiger partial charge on any atom is 0.257 e. The molecule has 4 rings (SSSR count). The summed E-state index contributed by atoms with van der Waals surface area (Å²) in [7, 11) is 0. The van der Waals surface area contributed by atoms with E-state index in [2.05, 4.69) is 10.6 Å². The first kappa shape index (κ1) is 23.5. The van der Waals surface area contributed by atoms with Gasteiger partial charge in [-0.3, -0.25) is 9.59 Å². The Balaban J connectivity index is 1.48. The number of benzene rings is 3. The second-order valence-corrected chi connectivity index (χ2v) is 9.17. The van der Waals surface area contributed by atoms with Crippen LogP contribution in [0.15, 0.2) is 54.6 Å². The van der Waals surface area contributed by atoms with Crippen LogP contribution in [0.1, 0.15) is 27.4 Å². The van der Waals surface area contributed by atoms with Gasteiger partial charge in [0.15, 0.2) is 0 Å². The molecule has 0 spiro atoms. The fourth-order valence-electron chi connectivity index (χ4n) is 3.71. The molecule has 0 bridgehead atoms. The van der Waals surface area contributed by atoms with Gasteiger partial charge in [-0.1, -0.05) is 29.3 Å². The maximum absolute atomic E-state index is 13.9. The van der Waals surface area contributed by atoms with E-state index in [-0.39, 0.29) is 33.5 Å². The van der Waals surface area contributed by atoms with Gasteiger partial charge >= 0.3 is 0 Å². The van der Waals surface area contributed by atoms with Crippen LogP contribution in [0.3, 0.4) is 0 Å². The predicted octanol–water partition coefficient (Wildman–Crippen LogP) is 6.79. The van der Waals surface area contributed by atoms with Gasteiger partial charge in [0, 0.05) is 22.7 Å². The predicted molar refractivity (Wildman–Crippen MR) is 126 cm³/mol. The van der Waals surface area contributed by atoms with Crippen molar-refractivity contribution >= 4 is 58.0 Å². The number of hydrogen-bond donors (Lipinski definition) is 2. The van der Waals surface area contributed by atoms with E-state index in [4.69, 9.17) is 34.8 Å². The number of hydrogen-bond acceptors (Lipinski definition) is 2. The summed E-state index contributed by atoms with van der Waals surface area (Å²) in [6.45, 7) is 1.91. The second-order valence-electron chi connectivity index (χ2n) is 7.82. The SMILES string of the molecule is Cc1cc(Cl)cc(C2C(C(=O)Nc3ccc(Cl)c(C(=O)Nc4ccc(F)cc4F)c3)[C@H]2Cl)c1. The Morgan fingerprint density at radius 2 is 1.70 bits per heavy atom. The van der Waals surface area contributed by atoms with Crippen LogP contribution in [0.2, 0.25) is 10.0 Å². The summed E-state index contributed by atoms with van der Waals surface area (Å²) in [5, 5.41) is 5.38. The van der Waals surface area contributed by atoms with Crippen LogP contribution in [0.4, 0.5) is 20.2 Å². The van der Waals surface area contributed by atoms with E-state index < -0.39 is 23.5 Å². The van der Waals surface area contributed by atoms with Crippen molar-refractivity contribution in [1.82, 2.24) is 0 Å². The smallest absolute Gasteiger partial charge is 0.257 e. The number of carbonyl (C=O) groups excluding carboxylic acids is 2. The molecule has 0 radical (unpaired) electrons. The van der Waals surface area contributed by atoms with Crippen LogP contribution in [0.5, 0.6) is 0 Å². The molecule has 2 N–H and O–H groups in total. The second kappa shape index (κ2) is 9.29. The fraction of sp³-hybridized carbons (Fsp3) is 0.167. The lowest BCUT2D eigenvalue weighted by Gasteiger charge is -2.11. The lowest BCUT2D eigenvalue weighted by atomic mass is 10.1. The normalized spacial score (nSPS) is 19.2. The van der Waals surface area contributed by atoms with Crippen LogP contribution < -0.4 is 10.6 Å². The van der Waals surface area contributed by atoms with E-state index in [0.29, 0.717) is 16.8 Å². The Bertz CT molecular complexity index is 1250. The topological polar surface area (TPSA) is 58.2 Å². The summed E-state index contributed by atoms with van der Waals surface area (Å²) in [6, 6.07) is 12.7. The largest absolute Gasteiger partial charge is 0.326 e. The molecule has 0 saturated heterocycles.